The summed E-state index contributed by atoms with van der Waals surface area (Å²) < 4.78 is 0. The summed E-state index contributed by atoms with van der Waals surface area (Å²) >= 11 is 1.18. The van der Waals surface area contributed by atoms with Gasteiger partial charge < -0.3 is 15.6 Å². The summed E-state index contributed by atoms with van der Waals surface area (Å²) in [6.07, 6.45) is 6.53. The molecule has 0 aliphatic heterocycles. The molecule has 0 bridgehead atoms. The van der Waals surface area contributed by atoms with Crippen molar-refractivity contribution >= 4 is 23.6 Å². The van der Waals surface area contributed by atoms with E-state index in [4.69, 9.17) is 0 Å². The van der Waals surface area contributed by atoms with E-state index in [0.717, 1.165) is 38.5 Å². The number of H-pyrrole nitrogens is 1. The molecule has 0 spiro atoms. The molecule has 3 N–H and O–H groups in total. The van der Waals surface area contributed by atoms with Crippen molar-refractivity contribution in [3.05, 3.63) is 22.1 Å². The number of rotatable bonds is 7. The Morgan fingerprint density at radius 2 is 1.79 bits per heavy atom. The van der Waals surface area contributed by atoms with Crippen molar-refractivity contribution in [3.63, 3.8) is 0 Å². The zero-order valence-corrected chi connectivity index (χ0v) is 14.3. The molecule has 0 saturated heterocycles. The van der Waals surface area contributed by atoms with Crippen LogP contribution in [0.1, 0.15) is 44.2 Å². The lowest BCUT2D eigenvalue weighted by Crippen LogP contribution is -2.34. The van der Waals surface area contributed by atoms with E-state index in [1.165, 1.54) is 17.8 Å². The third-order valence-corrected chi connectivity index (χ3v) is 4.99. The first kappa shape index (κ1) is 17.0. The molecular weight excluding hydrogens is 328 g/mol. The normalized spacial score (nSPS) is 17.7. The summed E-state index contributed by atoms with van der Waals surface area (Å²) in [4.78, 5) is 42.3. The lowest BCUT2D eigenvalue weighted by molar-refractivity contribution is -0.121. The lowest BCUT2D eigenvalue weighted by Gasteiger charge is -2.11. The highest BCUT2D eigenvalue weighted by atomic mass is 32.2. The monoisotopic (exact) mass is 350 g/mol. The Bertz CT molecular complexity index is 666. The van der Waals surface area contributed by atoms with E-state index in [1.54, 1.807) is 0 Å². The third-order valence-electron chi connectivity index (χ3n) is 4.12. The number of aromatic amines is 1. The molecule has 0 aromatic carbocycles. The number of thioether (sulfide) groups is 1. The van der Waals surface area contributed by atoms with E-state index in [1.807, 2.05) is 0 Å². The Morgan fingerprint density at radius 3 is 2.50 bits per heavy atom. The van der Waals surface area contributed by atoms with Crippen LogP contribution in [-0.4, -0.2) is 39.6 Å². The van der Waals surface area contributed by atoms with Gasteiger partial charge in [0.2, 0.25) is 11.8 Å². The smallest absolute Gasteiger partial charge is 0.251 e. The highest BCUT2D eigenvalue weighted by Crippen LogP contribution is 2.19. The summed E-state index contributed by atoms with van der Waals surface area (Å²) in [6.45, 7) is 0. The van der Waals surface area contributed by atoms with Gasteiger partial charge in [0, 0.05) is 18.2 Å². The number of nitrogens with zero attached hydrogens (tertiary/aromatic N) is 1. The number of nitrogens with one attached hydrogen (secondary N) is 3. The van der Waals surface area contributed by atoms with Gasteiger partial charge in [0.05, 0.1) is 17.9 Å². The third kappa shape index (κ3) is 5.36. The van der Waals surface area contributed by atoms with E-state index in [2.05, 4.69) is 20.6 Å². The summed E-state index contributed by atoms with van der Waals surface area (Å²) in [6, 6.07) is 1.89. The van der Waals surface area contributed by atoms with Gasteiger partial charge in [-0.2, -0.15) is 0 Å². The Labute approximate surface area is 144 Å². The Morgan fingerprint density at radius 1 is 1.12 bits per heavy atom. The summed E-state index contributed by atoms with van der Waals surface area (Å²) in [7, 11) is 0. The quantitative estimate of drug-likeness (QED) is 0.497. The van der Waals surface area contributed by atoms with E-state index in [-0.39, 0.29) is 41.6 Å². The molecule has 7 nitrogen and oxygen atoms in total. The maximum atomic E-state index is 11.9. The lowest BCUT2D eigenvalue weighted by atomic mass is 10.2. The van der Waals surface area contributed by atoms with E-state index < -0.39 is 0 Å². The first-order chi connectivity index (χ1) is 11.6. The summed E-state index contributed by atoms with van der Waals surface area (Å²) in [5.74, 6) is 0.0360. The van der Waals surface area contributed by atoms with Crippen LogP contribution >= 0.6 is 11.8 Å². The SMILES string of the molecule is O=C(CSc1nc(CC(=O)NC2CC2)cc(=O)[nH]1)NC1CCCC1. The Balaban J connectivity index is 1.51. The van der Waals surface area contributed by atoms with Gasteiger partial charge in [0.1, 0.15) is 0 Å². The van der Waals surface area contributed by atoms with Crippen LogP contribution < -0.4 is 16.2 Å². The van der Waals surface area contributed by atoms with Crippen LogP contribution in [0.25, 0.3) is 0 Å². The fraction of sp³-hybridized carbons (Fsp3) is 0.625. The van der Waals surface area contributed by atoms with Crippen LogP contribution in [0.5, 0.6) is 0 Å². The molecule has 2 aliphatic carbocycles. The predicted octanol–water partition coefficient (Wildman–Crippen LogP) is 0.742. The van der Waals surface area contributed by atoms with Crippen LogP contribution in [0, 0.1) is 0 Å². The van der Waals surface area contributed by atoms with E-state index >= 15 is 0 Å². The number of hydrogen-bond acceptors (Lipinski definition) is 5. The largest absolute Gasteiger partial charge is 0.353 e. The molecule has 1 aromatic heterocycles. The minimum atomic E-state index is -0.307. The molecule has 3 rings (SSSR count). The first-order valence-corrected chi connectivity index (χ1v) is 9.39. The maximum absolute atomic E-state index is 11.9. The fourth-order valence-electron chi connectivity index (χ4n) is 2.79. The molecule has 0 atom stereocenters. The van der Waals surface area contributed by atoms with Crippen molar-refractivity contribution in [1.29, 1.82) is 0 Å². The number of amides is 2. The first-order valence-electron chi connectivity index (χ1n) is 8.40. The Kier molecular flexibility index (Phi) is 5.55. The standard InChI is InChI=1S/C16H22N4O3S/c21-13(17-11-5-6-11)7-12-8-14(22)20-16(19-12)24-9-15(23)18-10-3-1-2-4-10/h8,10-11H,1-7,9H2,(H,17,21)(H,18,23)(H,19,20,22). The minimum absolute atomic E-state index is 0.0496. The molecule has 130 valence electrons. The number of carbonyl (C=O) groups is 2. The molecule has 0 radical (unpaired) electrons. The van der Waals surface area contributed by atoms with Crippen LogP contribution in [0.2, 0.25) is 0 Å². The van der Waals surface area contributed by atoms with Gasteiger partial charge in [-0.25, -0.2) is 4.98 Å². The van der Waals surface area contributed by atoms with Crippen molar-refractivity contribution in [2.75, 3.05) is 5.75 Å². The van der Waals surface area contributed by atoms with E-state index in [0.29, 0.717) is 10.9 Å². The summed E-state index contributed by atoms with van der Waals surface area (Å²) in [5.41, 5.74) is 0.119. The second-order valence-corrected chi connectivity index (χ2v) is 7.36. The molecule has 1 heterocycles. The second-order valence-electron chi connectivity index (χ2n) is 6.40. The highest BCUT2D eigenvalue weighted by molar-refractivity contribution is 7.99. The maximum Gasteiger partial charge on any atom is 0.251 e. The molecule has 2 aliphatic rings. The van der Waals surface area contributed by atoms with Crippen molar-refractivity contribution in [3.8, 4) is 0 Å². The van der Waals surface area contributed by atoms with Crippen molar-refractivity contribution in [2.24, 2.45) is 0 Å². The van der Waals surface area contributed by atoms with Gasteiger partial charge in [0.15, 0.2) is 5.16 Å². The topological polar surface area (TPSA) is 104 Å². The average molecular weight is 350 g/mol. The van der Waals surface area contributed by atoms with Crippen molar-refractivity contribution in [1.82, 2.24) is 20.6 Å². The van der Waals surface area contributed by atoms with Crippen LogP contribution in [0.15, 0.2) is 16.0 Å². The van der Waals surface area contributed by atoms with Gasteiger partial charge in [-0.05, 0) is 25.7 Å². The van der Waals surface area contributed by atoms with Crippen molar-refractivity contribution in [2.45, 2.75) is 62.2 Å². The number of carbonyl (C=O) groups excluding carboxylic acids is 2. The molecule has 2 saturated carbocycles. The predicted molar refractivity (Wildman–Crippen MR) is 90.8 cm³/mol. The van der Waals surface area contributed by atoms with Crippen LogP contribution in [0.3, 0.4) is 0 Å². The molecule has 8 heteroatoms. The number of aromatic nitrogens is 2. The summed E-state index contributed by atoms with van der Waals surface area (Å²) in [5, 5.41) is 6.24. The Hall–Kier alpha value is -1.83. The zero-order valence-electron chi connectivity index (χ0n) is 13.5. The molecule has 24 heavy (non-hydrogen) atoms. The van der Waals surface area contributed by atoms with Gasteiger partial charge >= 0.3 is 0 Å². The van der Waals surface area contributed by atoms with Gasteiger partial charge in [0.25, 0.3) is 5.56 Å². The van der Waals surface area contributed by atoms with Gasteiger partial charge in [-0.3, -0.25) is 14.4 Å². The fourth-order valence-corrected chi connectivity index (χ4v) is 3.49. The number of hydrogen-bond donors (Lipinski definition) is 3. The average Bonchev–Trinajstić information content (AvgIpc) is 3.17. The van der Waals surface area contributed by atoms with Crippen molar-refractivity contribution < 1.29 is 9.59 Å². The van der Waals surface area contributed by atoms with Gasteiger partial charge in [-0.15, -0.1) is 0 Å². The van der Waals surface area contributed by atoms with Gasteiger partial charge in [-0.1, -0.05) is 24.6 Å². The van der Waals surface area contributed by atoms with Crippen LogP contribution in [-0.2, 0) is 16.0 Å². The second kappa shape index (κ2) is 7.83. The molecule has 2 amide bonds. The molecule has 2 fully saturated rings. The molecule has 1 aromatic rings. The zero-order chi connectivity index (χ0) is 16.9. The molecule has 0 unspecified atom stereocenters. The minimum Gasteiger partial charge on any atom is -0.353 e. The highest BCUT2D eigenvalue weighted by Gasteiger charge is 2.23. The molecular formula is C16H22N4O3S. The van der Waals surface area contributed by atoms with Crippen LogP contribution in [0.4, 0.5) is 0 Å². The van der Waals surface area contributed by atoms with E-state index in [9.17, 15) is 14.4 Å².